The molecule has 1 aliphatic carbocycles. The number of alkyl halides is 3. The van der Waals surface area contributed by atoms with Crippen molar-refractivity contribution in [2.45, 2.75) is 57.2 Å². The molecule has 3 aliphatic rings. The van der Waals surface area contributed by atoms with Crippen LogP contribution in [0, 0.1) is 5.92 Å². The van der Waals surface area contributed by atoms with E-state index in [0.29, 0.717) is 45.7 Å². The van der Waals surface area contributed by atoms with Crippen molar-refractivity contribution in [3.8, 4) is 0 Å². The highest BCUT2D eigenvalue weighted by Gasteiger charge is 2.37. The number of nitrogens with one attached hydrogen (secondary N) is 1. The molecule has 0 radical (unpaired) electrons. The quantitative estimate of drug-likeness (QED) is 0.548. The third kappa shape index (κ3) is 6.38. The Morgan fingerprint density at radius 3 is 2.22 bits per heavy atom. The van der Waals surface area contributed by atoms with Crippen LogP contribution < -0.4 is 5.32 Å². The lowest BCUT2D eigenvalue weighted by Gasteiger charge is -2.40. The molecule has 0 spiro atoms. The van der Waals surface area contributed by atoms with Gasteiger partial charge in [-0.05, 0) is 55.9 Å². The van der Waals surface area contributed by atoms with Crippen molar-refractivity contribution in [1.29, 1.82) is 0 Å². The summed E-state index contributed by atoms with van der Waals surface area (Å²) in [6.45, 7) is 3.93. The largest absolute Gasteiger partial charge is 0.416 e. The van der Waals surface area contributed by atoms with Gasteiger partial charge < -0.3 is 15.1 Å². The van der Waals surface area contributed by atoms with E-state index in [9.17, 15) is 27.6 Å². The first-order valence-electron chi connectivity index (χ1n) is 13.0. The summed E-state index contributed by atoms with van der Waals surface area (Å²) in [5.41, 5.74) is -0.542. The molecule has 198 valence electrons. The Hall–Kier alpha value is -2.62. The molecule has 1 aromatic rings. The maximum atomic E-state index is 13.2. The topological polar surface area (TPSA) is 73.0 Å². The van der Waals surface area contributed by atoms with Gasteiger partial charge in [0.15, 0.2) is 0 Å². The second-order valence-electron chi connectivity index (χ2n) is 10.0. The van der Waals surface area contributed by atoms with Gasteiger partial charge in [0, 0.05) is 57.8 Å². The normalized spacial score (nSPS) is 20.7. The third-order valence-electron chi connectivity index (χ3n) is 7.64. The van der Waals surface area contributed by atoms with Crippen LogP contribution in [0.25, 0.3) is 0 Å². The number of rotatable bonds is 8. The second-order valence-corrected chi connectivity index (χ2v) is 10.0. The molecular weight excluding hydrogens is 473 g/mol. The SMILES string of the molecule is O=C(NCCCN1CCCC1=O)C(C1CCCC1)N1CCN(C(=O)c2ccc(C(F)(F)F)cc2)CC1. The van der Waals surface area contributed by atoms with Crippen LogP contribution in [0.3, 0.4) is 0 Å². The molecule has 7 nitrogen and oxygen atoms in total. The summed E-state index contributed by atoms with van der Waals surface area (Å²) in [7, 11) is 0. The molecule has 2 saturated heterocycles. The highest BCUT2D eigenvalue weighted by Crippen LogP contribution is 2.32. The van der Waals surface area contributed by atoms with Gasteiger partial charge in [-0.15, -0.1) is 0 Å². The summed E-state index contributed by atoms with van der Waals surface area (Å²) in [4.78, 5) is 43.5. The summed E-state index contributed by atoms with van der Waals surface area (Å²) >= 11 is 0. The lowest BCUT2D eigenvalue weighted by atomic mass is 9.95. The number of amides is 3. The molecule has 1 atom stereocenters. The number of nitrogens with zero attached hydrogens (tertiary/aromatic N) is 3. The van der Waals surface area contributed by atoms with Gasteiger partial charge in [0.05, 0.1) is 11.6 Å². The van der Waals surface area contributed by atoms with E-state index in [1.165, 1.54) is 12.1 Å². The fourth-order valence-electron chi connectivity index (χ4n) is 5.67. The second kappa shape index (κ2) is 11.6. The highest BCUT2D eigenvalue weighted by molar-refractivity contribution is 5.94. The average Bonchev–Trinajstić information content (AvgIpc) is 3.54. The minimum Gasteiger partial charge on any atom is -0.355 e. The van der Waals surface area contributed by atoms with Gasteiger partial charge in [0.25, 0.3) is 5.91 Å². The van der Waals surface area contributed by atoms with Crippen molar-refractivity contribution < 1.29 is 27.6 Å². The molecule has 36 heavy (non-hydrogen) atoms. The van der Waals surface area contributed by atoms with Gasteiger partial charge >= 0.3 is 6.18 Å². The van der Waals surface area contributed by atoms with Crippen LogP contribution in [-0.2, 0) is 15.8 Å². The van der Waals surface area contributed by atoms with Gasteiger partial charge in [-0.25, -0.2) is 0 Å². The van der Waals surface area contributed by atoms with Crippen LogP contribution in [0.1, 0.15) is 60.9 Å². The number of piperazine rings is 1. The molecule has 3 amide bonds. The summed E-state index contributed by atoms with van der Waals surface area (Å²) in [6, 6.07) is 4.07. The number of carbonyl (C=O) groups excluding carboxylic acids is 3. The van der Waals surface area contributed by atoms with E-state index in [1.807, 2.05) is 4.90 Å². The van der Waals surface area contributed by atoms with E-state index in [1.54, 1.807) is 4.90 Å². The molecule has 1 saturated carbocycles. The minimum atomic E-state index is -4.44. The molecule has 2 aliphatic heterocycles. The monoisotopic (exact) mass is 508 g/mol. The Labute approximate surface area is 210 Å². The number of carbonyl (C=O) groups is 3. The zero-order valence-electron chi connectivity index (χ0n) is 20.6. The molecule has 3 fully saturated rings. The number of hydrogen-bond acceptors (Lipinski definition) is 4. The zero-order chi connectivity index (χ0) is 25.7. The molecule has 2 heterocycles. The Morgan fingerprint density at radius 1 is 0.972 bits per heavy atom. The Balaban J connectivity index is 1.30. The molecule has 10 heteroatoms. The van der Waals surface area contributed by atoms with Gasteiger partial charge in [0.1, 0.15) is 0 Å². The minimum absolute atomic E-state index is 0.0113. The first-order valence-corrected chi connectivity index (χ1v) is 13.0. The van der Waals surface area contributed by atoms with Crippen molar-refractivity contribution >= 4 is 17.7 Å². The van der Waals surface area contributed by atoms with Crippen molar-refractivity contribution in [2.24, 2.45) is 5.92 Å². The number of benzene rings is 1. The molecule has 4 rings (SSSR count). The number of hydrogen-bond donors (Lipinski definition) is 1. The number of halogens is 3. The molecule has 0 bridgehead atoms. The van der Waals surface area contributed by atoms with Crippen molar-refractivity contribution in [3.05, 3.63) is 35.4 Å². The molecule has 1 aromatic carbocycles. The van der Waals surface area contributed by atoms with Crippen molar-refractivity contribution in [3.63, 3.8) is 0 Å². The summed E-state index contributed by atoms with van der Waals surface area (Å²) in [5, 5.41) is 3.08. The molecule has 1 N–H and O–H groups in total. The van der Waals surface area contributed by atoms with Gasteiger partial charge in [-0.3, -0.25) is 19.3 Å². The maximum absolute atomic E-state index is 13.2. The fourth-order valence-corrected chi connectivity index (χ4v) is 5.67. The van der Waals surface area contributed by atoms with E-state index in [2.05, 4.69) is 10.2 Å². The molecular formula is C26H35F3N4O3. The van der Waals surface area contributed by atoms with E-state index in [-0.39, 0.29) is 35.2 Å². The van der Waals surface area contributed by atoms with Crippen LogP contribution in [0.2, 0.25) is 0 Å². The highest BCUT2D eigenvalue weighted by atomic mass is 19.4. The Bertz CT molecular complexity index is 923. The van der Waals surface area contributed by atoms with Crippen LogP contribution >= 0.6 is 0 Å². The fraction of sp³-hybridized carbons (Fsp3) is 0.654. The van der Waals surface area contributed by atoms with Crippen LogP contribution in [0.5, 0.6) is 0 Å². The average molecular weight is 509 g/mol. The van der Waals surface area contributed by atoms with Gasteiger partial charge in [-0.1, -0.05) is 12.8 Å². The summed E-state index contributed by atoms with van der Waals surface area (Å²) < 4.78 is 38.5. The maximum Gasteiger partial charge on any atom is 0.416 e. The Kier molecular flexibility index (Phi) is 8.54. The van der Waals surface area contributed by atoms with Crippen molar-refractivity contribution in [1.82, 2.24) is 20.0 Å². The lowest BCUT2D eigenvalue weighted by Crippen LogP contribution is -2.58. The zero-order valence-corrected chi connectivity index (χ0v) is 20.6. The van der Waals surface area contributed by atoms with E-state index in [4.69, 9.17) is 0 Å². The first-order chi connectivity index (χ1) is 17.2. The standard InChI is InChI=1S/C26H35F3N4O3/c27-26(28,29)21-10-8-20(9-11-21)25(36)33-17-15-32(16-18-33)23(19-5-1-2-6-19)24(35)30-12-4-14-31-13-3-7-22(31)34/h8-11,19,23H,1-7,12-18H2,(H,30,35). The lowest BCUT2D eigenvalue weighted by molar-refractivity contribution is -0.137. The van der Waals surface area contributed by atoms with E-state index in [0.717, 1.165) is 57.2 Å². The Morgan fingerprint density at radius 2 is 1.64 bits per heavy atom. The predicted octanol–water partition coefficient (Wildman–Crippen LogP) is 3.15. The van der Waals surface area contributed by atoms with Gasteiger partial charge in [-0.2, -0.15) is 13.2 Å². The summed E-state index contributed by atoms with van der Waals surface area (Å²) in [6.07, 6.45) is 2.04. The smallest absolute Gasteiger partial charge is 0.355 e. The van der Waals surface area contributed by atoms with E-state index < -0.39 is 11.7 Å². The summed E-state index contributed by atoms with van der Waals surface area (Å²) in [5.74, 6) is 0.190. The molecule has 1 unspecified atom stereocenters. The third-order valence-corrected chi connectivity index (χ3v) is 7.64. The van der Waals surface area contributed by atoms with Gasteiger partial charge in [0.2, 0.25) is 11.8 Å². The van der Waals surface area contributed by atoms with E-state index >= 15 is 0 Å². The van der Waals surface area contributed by atoms with Crippen molar-refractivity contribution in [2.75, 3.05) is 45.8 Å². The van der Waals surface area contributed by atoms with Crippen LogP contribution in [0.4, 0.5) is 13.2 Å². The number of likely N-dealkylation sites (tertiary alicyclic amines) is 1. The van der Waals surface area contributed by atoms with Crippen LogP contribution in [-0.4, -0.2) is 84.3 Å². The van der Waals surface area contributed by atoms with Crippen LogP contribution in [0.15, 0.2) is 24.3 Å². The molecule has 0 aromatic heterocycles. The predicted molar refractivity (Wildman–Crippen MR) is 128 cm³/mol. The first kappa shape index (κ1) is 26.4.